The predicted molar refractivity (Wildman–Crippen MR) is 170 cm³/mol. The fourth-order valence-corrected chi connectivity index (χ4v) is 5.22. The molecule has 8 N–H and O–H groups in total. The normalized spacial score (nSPS) is 17.5. The minimum atomic E-state index is -0.895. The number of rotatable bonds is 18. The number of unbranched alkanes of at least 4 members (excludes halogenated alkanes) is 1. The molecule has 12 nitrogen and oxygen atoms in total. The third-order valence-corrected chi connectivity index (χ3v) is 7.69. The Morgan fingerprint density at radius 2 is 1.57 bits per heavy atom. The summed E-state index contributed by atoms with van der Waals surface area (Å²) in [6.45, 7) is 10.6. The van der Waals surface area contributed by atoms with Crippen LogP contribution < -0.4 is 32.7 Å². The van der Waals surface area contributed by atoms with Crippen molar-refractivity contribution in [1.82, 2.24) is 26.2 Å². The van der Waals surface area contributed by atoms with Crippen molar-refractivity contribution in [2.24, 2.45) is 17.4 Å². The van der Waals surface area contributed by atoms with Gasteiger partial charge in [-0.2, -0.15) is 0 Å². The predicted octanol–water partition coefficient (Wildman–Crippen LogP) is 0.721. The minimum Gasteiger partial charge on any atom is -0.368 e. The molecule has 1 aromatic carbocycles. The lowest BCUT2D eigenvalue weighted by Crippen LogP contribution is -2.58. The summed E-state index contributed by atoms with van der Waals surface area (Å²) in [5.41, 5.74) is 12.4. The van der Waals surface area contributed by atoms with Crippen molar-refractivity contribution in [2.45, 2.75) is 116 Å². The Morgan fingerprint density at radius 1 is 0.909 bits per heavy atom. The first kappa shape index (κ1) is 36.7. The number of nitrogens with one attached hydrogen (secondary N) is 4. The van der Waals surface area contributed by atoms with E-state index in [1.807, 2.05) is 44.2 Å². The molecule has 0 aliphatic carbocycles. The molecule has 5 atom stereocenters. The van der Waals surface area contributed by atoms with Gasteiger partial charge in [0.15, 0.2) is 0 Å². The van der Waals surface area contributed by atoms with Gasteiger partial charge < -0.3 is 37.6 Å². The van der Waals surface area contributed by atoms with Gasteiger partial charge in [-0.15, -0.1) is 0 Å². The number of benzene rings is 1. The van der Waals surface area contributed by atoms with Gasteiger partial charge in [0.2, 0.25) is 29.5 Å². The number of amides is 5. The van der Waals surface area contributed by atoms with E-state index < -0.39 is 53.8 Å². The van der Waals surface area contributed by atoms with E-state index in [2.05, 4.69) is 35.1 Å². The molecule has 5 amide bonds. The number of nitrogens with two attached hydrogens (primary N) is 2. The van der Waals surface area contributed by atoms with Crippen LogP contribution >= 0.6 is 0 Å². The molecule has 246 valence electrons. The maximum absolute atomic E-state index is 13.9. The van der Waals surface area contributed by atoms with Gasteiger partial charge in [-0.3, -0.25) is 24.0 Å². The number of nitrogens with zero attached hydrogens (tertiary/aromatic N) is 1. The van der Waals surface area contributed by atoms with E-state index in [4.69, 9.17) is 11.5 Å². The summed E-state index contributed by atoms with van der Waals surface area (Å²) in [5.74, 6) is -2.33. The second kappa shape index (κ2) is 18.3. The molecule has 0 aromatic heterocycles. The van der Waals surface area contributed by atoms with Gasteiger partial charge >= 0.3 is 0 Å². The Kier molecular flexibility index (Phi) is 15.3. The Labute approximate surface area is 261 Å². The van der Waals surface area contributed by atoms with Gasteiger partial charge in [-0.25, -0.2) is 0 Å². The van der Waals surface area contributed by atoms with E-state index in [1.54, 1.807) is 0 Å². The lowest BCUT2D eigenvalue weighted by molar-refractivity contribution is -0.142. The molecule has 1 heterocycles. The van der Waals surface area contributed by atoms with Crippen LogP contribution in [0.1, 0.15) is 78.7 Å². The highest BCUT2D eigenvalue weighted by Crippen LogP contribution is 2.20. The van der Waals surface area contributed by atoms with Gasteiger partial charge in [0.1, 0.15) is 24.2 Å². The molecule has 0 bridgehead atoms. The van der Waals surface area contributed by atoms with Crippen LogP contribution in [0.15, 0.2) is 30.3 Å². The van der Waals surface area contributed by atoms with Gasteiger partial charge in [-0.05, 0) is 69.9 Å². The summed E-state index contributed by atoms with van der Waals surface area (Å²) < 4.78 is 0. The highest BCUT2D eigenvalue weighted by atomic mass is 16.2. The van der Waals surface area contributed by atoms with Crippen molar-refractivity contribution >= 4 is 29.5 Å². The second-order valence-electron chi connectivity index (χ2n) is 12.5. The van der Waals surface area contributed by atoms with Crippen LogP contribution in [0.3, 0.4) is 0 Å². The highest BCUT2D eigenvalue weighted by molar-refractivity contribution is 5.96. The van der Waals surface area contributed by atoms with Crippen molar-refractivity contribution in [2.75, 3.05) is 13.1 Å². The number of hydrogen-bond acceptors (Lipinski definition) is 7. The molecular weight excluding hydrogens is 562 g/mol. The highest BCUT2D eigenvalue weighted by Gasteiger charge is 2.39. The quantitative estimate of drug-likeness (QED) is 0.131. The molecule has 1 saturated heterocycles. The van der Waals surface area contributed by atoms with Crippen molar-refractivity contribution in [1.29, 1.82) is 0 Å². The van der Waals surface area contributed by atoms with Crippen LogP contribution in [0.4, 0.5) is 0 Å². The van der Waals surface area contributed by atoms with Crippen LogP contribution in [0, 0.1) is 5.92 Å². The van der Waals surface area contributed by atoms with E-state index in [-0.39, 0.29) is 11.8 Å². The second-order valence-corrected chi connectivity index (χ2v) is 12.5. The van der Waals surface area contributed by atoms with E-state index in [0.717, 1.165) is 18.5 Å². The summed E-state index contributed by atoms with van der Waals surface area (Å²) in [4.78, 5) is 66.5. The minimum absolute atomic E-state index is 0.0755. The Morgan fingerprint density at radius 3 is 2.18 bits per heavy atom. The van der Waals surface area contributed by atoms with Crippen LogP contribution in [0.2, 0.25) is 0 Å². The third kappa shape index (κ3) is 12.2. The molecule has 2 rings (SSSR count). The molecule has 0 radical (unpaired) electrons. The zero-order chi connectivity index (χ0) is 32.8. The molecule has 1 aliphatic rings. The van der Waals surface area contributed by atoms with Crippen molar-refractivity contribution in [3.05, 3.63) is 35.9 Å². The van der Waals surface area contributed by atoms with Gasteiger partial charge in [0.05, 0.1) is 6.04 Å². The molecule has 0 unspecified atom stereocenters. The maximum atomic E-state index is 13.9. The first-order chi connectivity index (χ1) is 20.8. The number of carbonyl (C=O) groups excluding carboxylic acids is 5. The zero-order valence-corrected chi connectivity index (χ0v) is 26.9. The van der Waals surface area contributed by atoms with Gasteiger partial charge in [0, 0.05) is 12.6 Å². The zero-order valence-electron chi connectivity index (χ0n) is 26.9. The topological polar surface area (TPSA) is 189 Å². The monoisotopic (exact) mass is 615 g/mol. The Bertz CT molecular complexity index is 1100. The number of primary amides is 1. The van der Waals surface area contributed by atoms with E-state index >= 15 is 0 Å². The fraction of sp³-hybridized carbons (Fsp3) is 0.656. The lowest BCUT2D eigenvalue weighted by atomic mass is 10.00. The summed E-state index contributed by atoms with van der Waals surface area (Å²) >= 11 is 0. The molecule has 12 heteroatoms. The molecule has 0 saturated carbocycles. The third-order valence-electron chi connectivity index (χ3n) is 7.69. The first-order valence-electron chi connectivity index (χ1n) is 15.8. The van der Waals surface area contributed by atoms with Crippen LogP contribution in [-0.2, 0) is 30.4 Å². The SMILES string of the molecule is CC(C)C[C@H](NC(=O)[C@@H](N)Cc1ccccc1)C(=O)N[C@@H](CCCCNC(C)C)C(=O)N1CCC[C@H]1C(=O)N[C@H](C)C(N)=O. The Hall–Kier alpha value is -3.51. The van der Waals surface area contributed by atoms with E-state index in [9.17, 15) is 24.0 Å². The molecule has 1 aromatic rings. The summed E-state index contributed by atoms with van der Waals surface area (Å²) in [6.07, 6.45) is 3.53. The molecular formula is C32H53N7O5. The van der Waals surface area contributed by atoms with E-state index in [0.29, 0.717) is 51.1 Å². The maximum Gasteiger partial charge on any atom is 0.245 e. The van der Waals surface area contributed by atoms with Crippen molar-refractivity contribution < 1.29 is 24.0 Å². The smallest absolute Gasteiger partial charge is 0.245 e. The van der Waals surface area contributed by atoms with Gasteiger partial charge in [0.25, 0.3) is 0 Å². The summed E-state index contributed by atoms with van der Waals surface area (Å²) in [5, 5.41) is 11.6. The van der Waals surface area contributed by atoms with Gasteiger partial charge in [-0.1, -0.05) is 58.0 Å². The fourth-order valence-electron chi connectivity index (χ4n) is 5.22. The lowest BCUT2D eigenvalue weighted by Gasteiger charge is -2.30. The molecule has 1 aliphatic heterocycles. The Balaban J connectivity index is 2.18. The standard InChI is InChI=1S/C32H53N7O5/c1-20(2)18-26(38-29(41)24(33)19-23-12-7-6-8-13-23)30(42)37-25(14-9-10-16-35-21(3)4)32(44)39-17-11-15-27(39)31(43)36-22(5)28(34)40/h6-8,12-13,20-22,24-27,35H,9-11,14-19,33H2,1-5H3,(H2,34,40)(H,36,43)(H,37,42)(H,38,41)/t22-,24+,25+,26+,27+/m1/s1. The molecule has 1 fully saturated rings. The van der Waals surface area contributed by atoms with Crippen molar-refractivity contribution in [3.63, 3.8) is 0 Å². The van der Waals surface area contributed by atoms with Crippen LogP contribution in [0.25, 0.3) is 0 Å². The van der Waals surface area contributed by atoms with Crippen LogP contribution in [0.5, 0.6) is 0 Å². The largest absolute Gasteiger partial charge is 0.368 e. The number of hydrogen-bond donors (Lipinski definition) is 6. The first-order valence-corrected chi connectivity index (χ1v) is 15.8. The number of carbonyl (C=O) groups is 5. The average Bonchev–Trinajstić information content (AvgIpc) is 3.46. The summed E-state index contributed by atoms with van der Waals surface area (Å²) in [6, 6.07) is 5.45. The van der Waals surface area contributed by atoms with Crippen molar-refractivity contribution in [3.8, 4) is 0 Å². The molecule has 44 heavy (non-hydrogen) atoms. The number of likely N-dealkylation sites (tertiary alicyclic amines) is 1. The molecule has 0 spiro atoms. The van der Waals surface area contributed by atoms with E-state index in [1.165, 1.54) is 11.8 Å². The van der Waals surface area contributed by atoms with Crippen LogP contribution in [-0.4, -0.2) is 83.8 Å². The summed E-state index contributed by atoms with van der Waals surface area (Å²) in [7, 11) is 0. The average molecular weight is 616 g/mol.